The van der Waals surface area contributed by atoms with E-state index in [4.69, 9.17) is 19.9 Å². The van der Waals surface area contributed by atoms with Gasteiger partial charge in [0.25, 0.3) is 0 Å². The molecule has 0 bridgehead atoms. The van der Waals surface area contributed by atoms with Crippen molar-refractivity contribution in [1.82, 2.24) is 39.9 Å². The average molecular weight is 939 g/mol. The lowest BCUT2D eigenvalue weighted by Gasteiger charge is -2.26. The average Bonchev–Trinajstić information content (AvgIpc) is 4.11. The van der Waals surface area contributed by atoms with Gasteiger partial charge in [-0.2, -0.15) is 0 Å². The number of aromatic nitrogens is 8. The molecule has 0 saturated carbocycles. The molecule has 0 aliphatic heterocycles. The van der Waals surface area contributed by atoms with E-state index in [1.54, 1.807) is 25.3 Å². The zero-order valence-electron chi connectivity index (χ0n) is 41.0. The van der Waals surface area contributed by atoms with Crippen LogP contribution in [0.2, 0.25) is 0 Å². The fourth-order valence-corrected chi connectivity index (χ4v) is 12.8. The second-order valence-corrected chi connectivity index (χ2v) is 20.5. The molecule has 0 spiro atoms. The fourth-order valence-electron chi connectivity index (χ4n) is 12.8. The van der Waals surface area contributed by atoms with Gasteiger partial charge < -0.3 is 0 Å². The van der Waals surface area contributed by atoms with Gasteiger partial charge in [0.1, 0.15) is 25.3 Å². The van der Waals surface area contributed by atoms with Gasteiger partial charge in [-0.25, -0.2) is 39.9 Å². The summed E-state index contributed by atoms with van der Waals surface area (Å²) in [4.78, 5) is 37.5. The van der Waals surface area contributed by atoms with Gasteiger partial charge in [-0.05, 0) is 125 Å². The summed E-state index contributed by atoms with van der Waals surface area (Å²) in [7, 11) is 0. The normalized spacial score (nSPS) is 15.2. The maximum absolute atomic E-state index is 4.74. The minimum Gasteiger partial charge on any atom is -0.244 e. The molecule has 8 heteroatoms. The topological polar surface area (TPSA) is 103 Å². The molecule has 0 radical (unpaired) electrons. The maximum Gasteiger partial charge on any atom is 0.115 e. The van der Waals surface area contributed by atoms with Crippen molar-refractivity contribution in [2.24, 2.45) is 0 Å². The van der Waals surface area contributed by atoms with Crippen molar-refractivity contribution in [1.29, 1.82) is 0 Å². The SMILES string of the molecule is Cc1c2c(c(-c3ccccc3)c(-c3cncnc3)c1-c1cncnc1)C(c1ccc3c(c1)-c1ccccc1C3(C)C)=C1C(c3cncnc3)=C(c3cncnc3)C(c3ccc4c(c3)-c3ccccc3C4(C)C)=C12. The van der Waals surface area contributed by atoms with Crippen LogP contribution in [0.5, 0.6) is 0 Å². The zero-order chi connectivity index (χ0) is 49.2. The molecule has 0 unspecified atom stereocenters. The largest absolute Gasteiger partial charge is 0.244 e. The summed E-state index contributed by atoms with van der Waals surface area (Å²) in [6.45, 7) is 11.6. The smallest absolute Gasteiger partial charge is 0.115 e. The van der Waals surface area contributed by atoms with E-state index in [1.807, 2.05) is 49.6 Å². The number of rotatable bonds is 7. The van der Waals surface area contributed by atoms with Crippen LogP contribution in [0.1, 0.15) is 88.9 Å². The molecule has 346 valence electrons. The lowest BCUT2D eigenvalue weighted by molar-refractivity contribution is 0.660. The van der Waals surface area contributed by atoms with Gasteiger partial charge >= 0.3 is 0 Å². The first kappa shape index (κ1) is 42.7. The Balaban J connectivity index is 1.22. The molecule has 4 heterocycles. The van der Waals surface area contributed by atoms with Gasteiger partial charge in [-0.1, -0.05) is 131 Å². The van der Waals surface area contributed by atoms with E-state index in [2.05, 4.69) is 170 Å². The van der Waals surface area contributed by atoms with E-state index in [9.17, 15) is 0 Å². The van der Waals surface area contributed by atoms with Gasteiger partial charge in [0.15, 0.2) is 0 Å². The molecule has 4 aliphatic carbocycles. The Hall–Kier alpha value is -9.14. The predicted octanol–water partition coefficient (Wildman–Crippen LogP) is 14.1. The summed E-state index contributed by atoms with van der Waals surface area (Å²) in [6, 6.07) is 42.8. The summed E-state index contributed by atoms with van der Waals surface area (Å²) in [5, 5.41) is 0. The Morgan fingerprint density at radius 1 is 0.274 bits per heavy atom. The number of allylic oxidation sites excluding steroid dienone is 5. The van der Waals surface area contributed by atoms with E-state index in [1.165, 1.54) is 44.5 Å². The Bertz CT molecular complexity index is 4050. The quantitative estimate of drug-likeness (QED) is 0.156. The van der Waals surface area contributed by atoms with Gasteiger partial charge in [-0.3, -0.25) is 0 Å². The molecule has 0 saturated heterocycles. The predicted molar refractivity (Wildman–Crippen MR) is 290 cm³/mol. The highest BCUT2D eigenvalue weighted by atomic mass is 14.8. The second-order valence-electron chi connectivity index (χ2n) is 20.5. The highest BCUT2D eigenvalue weighted by molar-refractivity contribution is 6.40. The molecule has 10 aromatic rings. The summed E-state index contributed by atoms with van der Waals surface area (Å²) < 4.78 is 0. The third kappa shape index (κ3) is 6.13. The van der Waals surface area contributed by atoms with Crippen LogP contribution in [0.25, 0.3) is 83.5 Å². The Labute approximate surface area is 423 Å². The molecule has 0 amide bonds. The third-order valence-corrected chi connectivity index (χ3v) is 16.0. The Morgan fingerprint density at radius 2 is 0.658 bits per heavy atom. The molecule has 4 aromatic heterocycles. The minimum absolute atomic E-state index is 0.180. The number of benzene rings is 6. The molecule has 6 aromatic carbocycles. The van der Waals surface area contributed by atoms with Crippen LogP contribution in [-0.2, 0) is 10.8 Å². The summed E-state index contributed by atoms with van der Waals surface area (Å²) in [6.07, 6.45) is 21.9. The van der Waals surface area contributed by atoms with Crippen molar-refractivity contribution in [2.45, 2.75) is 45.4 Å². The van der Waals surface area contributed by atoms with Crippen LogP contribution in [0.3, 0.4) is 0 Å². The van der Waals surface area contributed by atoms with Gasteiger partial charge in [-0.15, -0.1) is 0 Å². The summed E-state index contributed by atoms with van der Waals surface area (Å²) in [5.41, 5.74) is 29.6. The Morgan fingerprint density at radius 3 is 1.16 bits per heavy atom. The number of hydrogen-bond acceptors (Lipinski definition) is 8. The molecule has 8 nitrogen and oxygen atoms in total. The molecule has 14 rings (SSSR count). The van der Waals surface area contributed by atoms with Crippen molar-refractivity contribution in [3.8, 4) is 55.6 Å². The van der Waals surface area contributed by atoms with Crippen LogP contribution in [0.15, 0.2) is 196 Å². The van der Waals surface area contributed by atoms with E-state index < -0.39 is 0 Å². The van der Waals surface area contributed by atoms with Crippen molar-refractivity contribution >= 4 is 27.9 Å². The molecule has 0 atom stereocenters. The van der Waals surface area contributed by atoms with Gasteiger partial charge in [0, 0.05) is 105 Å². The second kappa shape index (κ2) is 15.9. The van der Waals surface area contributed by atoms with E-state index >= 15 is 0 Å². The molecule has 0 fully saturated rings. The number of nitrogens with zero attached hydrogens (tertiary/aromatic N) is 8. The van der Waals surface area contributed by atoms with Crippen LogP contribution in [0.4, 0.5) is 0 Å². The van der Waals surface area contributed by atoms with Crippen molar-refractivity contribution in [3.63, 3.8) is 0 Å². The fraction of sp³-hybridized carbons (Fsp3) is 0.108. The standard InChI is InChI=1S/C65H46N8/c1-37-53(41-25-66-33-67-26-41)58(42-27-68-34-69-28-42)55(38-13-7-6-8-14-38)61-54(37)62-56(39-19-21-51-47(23-39)45-15-9-11-17-49(45)64(51,2)3)59(43-29-70-35-71-30-43)60(44-31-72-36-73-32-44)63(62)57(61)40-20-22-52-48(24-40)46-16-10-12-18-50(46)65(52,4)5/h6-36H,1-5H3. The third-order valence-electron chi connectivity index (χ3n) is 16.0. The Kier molecular flexibility index (Phi) is 9.32. The molecule has 73 heavy (non-hydrogen) atoms. The number of fused-ring (bicyclic) bond motifs is 9. The zero-order valence-corrected chi connectivity index (χ0v) is 41.0. The van der Waals surface area contributed by atoms with E-state index in [0.717, 1.165) is 106 Å². The summed E-state index contributed by atoms with van der Waals surface area (Å²) in [5.74, 6) is 0. The summed E-state index contributed by atoms with van der Waals surface area (Å²) >= 11 is 0. The molecular weight excluding hydrogens is 893 g/mol. The minimum atomic E-state index is -0.186. The van der Waals surface area contributed by atoms with E-state index in [0.29, 0.717) is 0 Å². The van der Waals surface area contributed by atoms with Crippen molar-refractivity contribution in [3.05, 3.63) is 257 Å². The van der Waals surface area contributed by atoms with Gasteiger partial charge in [0.05, 0.1) is 0 Å². The lowest BCUT2D eigenvalue weighted by atomic mass is 9.77. The first-order valence-electron chi connectivity index (χ1n) is 24.7. The van der Waals surface area contributed by atoms with Crippen LogP contribution in [0, 0.1) is 6.92 Å². The van der Waals surface area contributed by atoms with Crippen molar-refractivity contribution < 1.29 is 0 Å². The molecule has 0 N–H and O–H groups in total. The highest BCUT2D eigenvalue weighted by Crippen LogP contribution is 2.66. The van der Waals surface area contributed by atoms with Crippen LogP contribution < -0.4 is 0 Å². The van der Waals surface area contributed by atoms with Gasteiger partial charge in [0.2, 0.25) is 0 Å². The lowest BCUT2D eigenvalue weighted by Crippen LogP contribution is -2.14. The molecular formula is C65H46N8. The maximum atomic E-state index is 4.74. The highest BCUT2D eigenvalue weighted by Gasteiger charge is 2.46. The monoisotopic (exact) mass is 938 g/mol. The first-order chi connectivity index (χ1) is 35.7. The number of hydrogen-bond donors (Lipinski definition) is 0. The molecule has 4 aliphatic rings. The van der Waals surface area contributed by atoms with Crippen LogP contribution >= 0.6 is 0 Å². The van der Waals surface area contributed by atoms with Crippen LogP contribution in [-0.4, -0.2) is 39.9 Å². The first-order valence-corrected chi connectivity index (χ1v) is 24.7. The van der Waals surface area contributed by atoms with Crippen molar-refractivity contribution in [2.75, 3.05) is 0 Å². The van der Waals surface area contributed by atoms with E-state index in [-0.39, 0.29) is 10.8 Å².